The maximum Gasteiger partial charge on any atom is 0.260 e. The fraction of sp³-hybridized carbons (Fsp3) is 0.238. The minimum Gasteiger partial charge on any atom is -0.380 e. The van der Waals surface area contributed by atoms with Crippen molar-refractivity contribution in [3.8, 4) is 5.69 Å². The zero-order valence-electron chi connectivity index (χ0n) is 17.9. The van der Waals surface area contributed by atoms with E-state index in [9.17, 15) is 14.7 Å². The number of aromatic nitrogens is 5. The Balaban J connectivity index is 1.33. The van der Waals surface area contributed by atoms with Gasteiger partial charge in [-0.3, -0.25) is 14.5 Å². The van der Waals surface area contributed by atoms with Gasteiger partial charge in [0.1, 0.15) is 0 Å². The molecule has 0 spiro atoms. The van der Waals surface area contributed by atoms with Gasteiger partial charge in [-0.1, -0.05) is 5.16 Å². The highest BCUT2D eigenvalue weighted by Crippen LogP contribution is 2.25. The zero-order valence-corrected chi connectivity index (χ0v) is 17.9. The van der Waals surface area contributed by atoms with Gasteiger partial charge < -0.3 is 25.4 Å². The van der Waals surface area contributed by atoms with Crippen molar-refractivity contribution in [2.45, 2.75) is 25.2 Å². The largest absolute Gasteiger partial charge is 0.380 e. The summed E-state index contributed by atoms with van der Waals surface area (Å²) >= 11 is 0. The minimum atomic E-state index is -1.76. The van der Waals surface area contributed by atoms with Crippen molar-refractivity contribution < 1.29 is 24.0 Å². The van der Waals surface area contributed by atoms with Crippen molar-refractivity contribution in [1.29, 1.82) is 0 Å². The molecule has 3 unspecified atom stereocenters. The smallest absolute Gasteiger partial charge is 0.260 e. The molecule has 0 bridgehead atoms. The summed E-state index contributed by atoms with van der Waals surface area (Å²) in [6.45, 7) is 1.95. The van der Waals surface area contributed by atoms with Crippen LogP contribution in [-0.2, 0) is 14.3 Å². The number of aliphatic hydroxyl groups excluding tert-OH is 1. The van der Waals surface area contributed by atoms with Gasteiger partial charge in [0.25, 0.3) is 11.8 Å². The topological polar surface area (TPSA) is 175 Å². The summed E-state index contributed by atoms with van der Waals surface area (Å²) in [5.74, 6) is -0.821. The monoisotopic (exact) mass is 464 g/mol. The number of hydrogen-bond donors (Lipinski definition) is 3. The number of amides is 2. The second-order valence-electron chi connectivity index (χ2n) is 7.75. The third kappa shape index (κ3) is 3.93. The second-order valence-corrected chi connectivity index (χ2v) is 7.75. The number of nitrogens with one attached hydrogen (secondary N) is 1. The Morgan fingerprint density at radius 2 is 2.15 bits per heavy atom. The van der Waals surface area contributed by atoms with E-state index in [0.717, 1.165) is 0 Å². The van der Waals surface area contributed by atoms with Crippen molar-refractivity contribution in [2.75, 3.05) is 22.5 Å². The minimum absolute atomic E-state index is 0.207. The van der Waals surface area contributed by atoms with E-state index in [1.165, 1.54) is 23.4 Å². The number of rotatable bonds is 5. The first-order valence-electron chi connectivity index (χ1n) is 10.3. The lowest BCUT2D eigenvalue weighted by Gasteiger charge is -2.36. The molecule has 174 valence electrons. The first-order chi connectivity index (χ1) is 16.4. The molecular formula is C21H20N8O5. The molecule has 1 saturated heterocycles. The molecule has 34 heavy (non-hydrogen) atoms. The van der Waals surface area contributed by atoms with E-state index in [1.807, 2.05) is 0 Å². The summed E-state index contributed by atoms with van der Waals surface area (Å²) < 4.78 is 12.3. The number of carbonyl (C=O) groups is 2. The summed E-state index contributed by atoms with van der Waals surface area (Å²) in [5.41, 5.74) is 7.07. The van der Waals surface area contributed by atoms with Crippen molar-refractivity contribution in [3.05, 3.63) is 48.9 Å². The normalized spacial score (nSPS) is 19.4. The number of nitrogens with zero attached hydrogens (tertiary/aromatic N) is 6. The molecule has 13 heteroatoms. The fourth-order valence-corrected chi connectivity index (χ4v) is 3.68. The number of hydrogen-bond acceptors (Lipinski definition) is 10. The number of ether oxygens (including phenoxy) is 1. The number of morpholine rings is 1. The molecule has 3 aromatic heterocycles. The number of carbonyl (C=O) groups excluding carboxylic acids is 2. The number of fused-ring (bicyclic) bond motifs is 1. The van der Waals surface area contributed by atoms with Crippen molar-refractivity contribution in [1.82, 2.24) is 25.1 Å². The van der Waals surface area contributed by atoms with Gasteiger partial charge in [-0.2, -0.15) is 10.2 Å². The Morgan fingerprint density at radius 3 is 2.94 bits per heavy atom. The Kier molecular flexibility index (Phi) is 5.39. The molecule has 0 saturated carbocycles. The zero-order chi connectivity index (χ0) is 23.8. The number of nitrogens with two attached hydrogens (primary N) is 1. The lowest BCUT2D eigenvalue weighted by Crippen LogP contribution is -2.58. The van der Waals surface area contributed by atoms with Gasteiger partial charge in [-0.05, 0) is 25.1 Å². The van der Waals surface area contributed by atoms with Crippen LogP contribution in [0.2, 0.25) is 0 Å². The molecule has 4 N–H and O–H groups in total. The molecule has 2 amide bonds. The van der Waals surface area contributed by atoms with Gasteiger partial charge in [-0.15, -0.1) is 5.10 Å². The number of anilines is 3. The second kappa shape index (κ2) is 8.53. The van der Waals surface area contributed by atoms with E-state index in [2.05, 4.69) is 25.8 Å². The SMILES string of the molecule is CC1CN(c2ccn(-c3ccnnc3)n2)C(=O)C(C(O)C(=O)Nc2ccc3c(N)noc3c2)O1. The average molecular weight is 464 g/mol. The summed E-state index contributed by atoms with van der Waals surface area (Å²) in [5, 5.41) is 29.4. The van der Waals surface area contributed by atoms with Crippen molar-refractivity contribution in [3.63, 3.8) is 0 Å². The average Bonchev–Trinajstić information content (AvgIpc) is 3.47. The Morgan fingerprint density at radius 1 is 1.29 bits per heavy atom. The third-order valence-electron chi connectivity index (χ3n) is 5.34. The molecular weight excluding hydrogens is 444 g/mol. The maximum absolute atomic E-state index is 13.1. The molecule has 0 aliphatic carbocycles. The number of benzene rings is 1. The van der Waals surface area contributed by atoms with E-state index in [4.69, 9.17) is 15.0 Å². The van der Waals surface area contributed by atoms with Gasteiger partial charge in [0.2, 0.25) is 0 Å². The van der Waals surface area contributed by atoms with Crippen molar-refractivity contribution >= 4 is 40.1 Å². The van der Waals surface area contributed by atoms with E-state index < -0.39 is 30.1 Å². The molecule has 3 atom stereocenters. The molecule has 1 aliphatic rings. The first-order valence-corrected chi connectivity index (χ1v) is 10.3. The summed E-state index contributed by atoms with van der Waals surface area (Å²) in [7, 11) is 0. The molecule has 0 radical (unpaired) electrons. The fourth-order valence-electron chi connectivity index (χ4n) is 3.68. The van der Waals surface area contributed by atoms with Crippen LogP contribution in [0.5, 0.6) is 0 Å². The predicted molar refractivity (Wildman–Crippen MR) is 119 cm³/mol. The molecule has 4 heterocycles. The van der Waals surface area contributed by atoms with Crippen LogP contribution >= 0.6 is 0 Å². The summed E-state index contributed by atoms with van der Waals surface area (Å²) in [4.78, 5) is 27.2. The maximum atomic E-state index is 13.1. The van der Waals surface area contributed by atoms with Crippen LogP contribution in [0.25, 0.3) is 16.7 Å². The lowest BCUT2D eigenvalue weighted by molar-refractivity contribution is -0.156. The molecule has 4 aromatic rings. The summed E-state index contributed by atoms with van der Waals surface area (Å²) in [6, 6.07) is 8.10. The highest BCUT2D eigenvalue weighted by Gasteiger charge is 2.42. The van der Waals surface area contributed by atoms with Crippen LogP contribution < -0.4 is 16.0 Å². The number of nitrogen functional groups attached to an aromatic ring is 1. The standard InChI is InChI=1S/C21H20N8O5/c1-11-10-28(16-5-7-29(26-16)13-4-6-23-24-9-13)21(32)18(33-11)17(30)20(31)25-12-2-3-14-15(8-12)34-27-19(14)22/h2-9,11,17-18,30H,10H2,1H3,(H2,22,27)(H,25,31). The van der Waals surface area contributed by atoms with Gasteiger partial charge in [-0.25, -0.2) is 4.68 Å². The quantitative estimate of drug-likeness (QED) is 0.377. The number of aliphatic hydroxyl groups is 1. The van der Waals surface area contributed by atoms with E-state index in [0.29, 0.717) is 28.2 Å². The third-order valence-corrected chi connectivity index (χ3v) is 5.34. The highest BCUT2D eigenvalue weighted by molar-refractivity contribution is 6.04. The molecule has 13 nitrogen and oxygen atoms in total. The van der Waals surface area contributed by atoms with Crippen LogP contribution in [0.3, 0.4) is 0 Å². The van der Waals surface area contributed by atoms with Gasteiger partial charge >= 0.3 is 0 Å². The molecule has 1 aromatic carbocycles. The van der Waals surface area contributed by atoms with E-state index >= 15 is 0 Å². The highest BCUT2D eigenvalue weighted by atomic mass is 16.5. The van der Waals surface area contributed by atoms with Gasteiger partial charge in [0.05, 0.1) is 36.1 Å². The molecule has 1 fully saturated rings. The van der Waals surface area contributed by atoms with Crippen LogP contribution in [0.15, 0.2) is 53.4 Å². The molecule has 1 aliphatic heterocycles. The van der Waals surface area contributed by atoms with Crippen LogP contribution in [0, 0.1) is 0 Å². The Hall–Kier alpha value is -4.36. The van der Waals surface area contributed by atoms with E-state index in [1.54, 1.807) is 42.1 Å². The van der Waals surface area contributed by atoms with E-state index in [-0.39, 0.29) is 12.4 Å². The van der Waals surface area contributed by atoms with Crippen LogP contribution in [-0.4, -0.2) is 66.9 Å². The van der Waals surface area contributed by atoms with Gasteiger partial charge in [0.15, 0.2) is 29.4 Å². The lowest BCUT2D eigenvalue weighted by atomic mass is 10.1. The molecule has 5 rings (SSSR count). The van der Waals surface area contributed by atoms with Crippen molar-refractivity contribution in [2.24, 2.45) is 0 Å². The Labute approximate surface area is 192 Å². The van der Waals surface area contributed by atoms with Crippen LogP contribution in [0.4, 0.5) is 17.3 Å². The predicted octanol–water partition coefficient (Wildman–Crippen LogP) is 0.506. The van der Waals surface area contributed by atoms with Crippen LogP contribution in [0.1, 0.15) is 6.92 Å². The first kappa shape index (κ1) is 21.5. The summed E-state index contributed by atoms with van der Waals surface area (Å²) in [6.07, 6.45) is 1.09. The van der Waals surface area contributed by atoms with Gasteiger partial charge in [0, 0.05) is 24.0 Å². The Bertz CT molecular complexity index is 1350.